The highest BCUT2D eigenvalue weighted by Gasteiger charge is 2.19. The quantitative estimate of drug-likeness (QED) is 0.638. The molecule has 0 radical (unpaired) electrons. The van der Waals surface area contributed by atoms with E-state index in [9.17, 15) is 14.7 Å². The van der Waals surface area contributed by atoms with Gasteiger partial charge in [-0.05, 0) is 50.1 Å². The third-order valence-corrected chi connectivity index (χ3v) is 4.82. The fourth-order valence-corrected chi connectivity index (χ4v) is 3.33. The minimum absolute atomic E-state index is 0.162. The number of rotatable bonds is 7. The molecule has 6 heteroatoms. The largest absolute Gasteiger partial charge is 0.497 e. The van der Waals surface area contributed by atoms with E-state index in [-0.39, 0.29) is 23.9 Å². The molecule has 1 unspecified atom stereocenters. The molecule has 0 saturated carbocycles. The maximum Gasteiger partial charge on any atom is 0.335 e. The first-order chi connectivity index (χ1) is 13.4. The number of carbonyl (C=O) groups excluding carboxylic acids is 1. The van der Waals surface area contributed by atoms with E-state index in [0.717, 1.165) is 22.3 Å². The van der Waals surface area contributed by atoms with Crippen LogP contribution in [-0.2, 0) is 11.2 Å². The summed E-state index contributed by atoms with van der Waals surface area (Å²) in [5, 5.41) is 13.1. The molecule has 3 aromatic rings. The molecule has 146 valence electrons. The zero-order valence-electron chi connectivity index (χ0n) is 16.1. The van der Waals surface area contributed by atoms with Crippen LogP contribution in [0.2, 0.25) is 0 Å². The Balaban J connectivity index is 1.69. The predicted molar refractivity (Wildman–Crippen MR) is 106 cm³/mol. The van der Waals surface area contributed by atoms with Crippen molar-refractivity contribution >= 4 is 22.8 Å². The minimum Gasteiger partial charge on any atom is -0.497 e. The van der Waals surface area contributed by atoms with E-state index in [4.69, 9.17) is 9.15 Å². The molecule has 2 N–H and O–H groups in total. The van der Waals surface area contributed by atoms with Crippen molar-refractivity contribution in [2.45, 2.75) is 32.7 Å². The molecule has 0 aliphatic rings. The Morgan fingerprint density at radius 3 is 2.68 bits per heavy atom. The molecule has 28 heavy (non-hydrogen) atoms. The lowest BCUT2D eigenvalue weighted by molar-refractivity contribution is -0.121. The van der Waals surface area contributed by atoms with Crippen LogP contribution >= 0.6 is 0 Å². The van der Waals surface area contributed by atoms with Gasteiger partial charge in [-0.1, -0.05) is 18.2 Å². The molecule has 0 aliphatic carbocycles. The number of ether oxygens (including phenoxy) is 1. The number of benzene rings is 2. The van der Waals surface area contributed by atoms with Crippen molar-refractivity contribution in [2.75, 3.05) is 7.11 Å². The summed E-state index contributed by atoms with van der Waals surface area (Å²) in [6.45, 7) is 3.82. The number of carboxylic acid groups (broad SMARTS) is 1. The maximum atomic E-state index is 12.4. The van der Waals surface area contributed by atoms with Crippen LogP contribution in [0.1, 0.15) is 46.6 Å². The maximum absolute atomic E-state index is 12.4. The Bertz CT molecular complexity index is 1020. The summed E-state index contributed by atoms with van der Waals surface area (Å²) < 4.78 is 11.2. The van der Waals surface area contributed by atoms with Crippen molar-refractivity contribution in [3.63, 3.8) is 0 Å². The number of methoxy groups -OCH3 is 1. The number of carbonyl (C=O) groups is 2. The number of furan rings is 1. The second-order valence-electron chi connectivity index (χ2n) is 6.70. The third kappa shape index (κ3) is 4.01. The highest BCUT2D eigenvalue weighted by Crippen LogP contribution is 2.31. The summed E-state index contributed by atoms with van der Waals surface area (Å²) in [4.78, 5) is 23.7. The summed E-state index contributed by atoms with van der Waals surface area (Å²) in [6.07, 6.45) is 0.555. The minimum atomic E-state index is -0.988. The number of nitrogens with one attached hydrogen (secondary N) is 1. The van der Waals surface area contributed by atoms with Gasteiger partial charge in [-0.2, -0.15) is 0 Å². The normalized spacial score (nSPS) is 12.0. The molecular formula is C22H23NO5. The molecule has 1 aromatic heterocycles. The fraction of sp³-hybridized carbons (Fsp3) is 0.273. The number of hydrogen-bond donors (Lipinski definition) is 2. The molecule has 1 heterocycles. The number of amides is 1. The van der Waals surface area contributed by atoms with E-state index in [1.165, 1.54) is 0 Å². The lowest BCUT2D eigenvalue weighted by Crippen LogP contribution is -2.27. The third-order valence-electron chi connectivity index (χ3n) is 4.82. The van der Waals surface area contributed by atoms with Crippen LogP contribution < -0.4 is 10.1 Å². The van der Waals surface area contributed by atoms with E-state index in [2.05, 4.69) is 5.32 Å². The molecular weight excluding hydrogens is 358 g/mol. The van der Waals surface area contributed by atoms with Gasteiger partial charge >= 0.3 is 5.97 Å². The highest BCUT2D eigenvalue weighted by molar-refractivity contribution is 5.89. The Hall–Kier alpha value is -3.28. The molecule has 0 aliphatic heterocycles. The highest BCUT2D eigenvalue weighted by atomic mass is 16.5. The zero-order valence-corrected chi connectivity index (χ0v) is 16.1. The van der Waals surface area contributed by atoms with E-state index >= 15 is 0 Å². The first kappa shape index (κ1) is 19.5. The molecule has 2 aromatic carbocycles. The van der Waals surface area contributed by atoms with E-state index in [1.807, 2.05) is 32.0 Å². The average molecular weight is 381 g/mol. The summed E-state index contributed by atoms with van der Waals surface area (Å²) in [5.41, 5.74) is 2.57. The molecule has 1 amide bonds. The zero-order chi connectivity index (χ0) is 20.3. The van der Waals surface area contributed by atoms with Crippen molar-refractivity contribution in [1.82, 2.24) is 5.32 Å². The van der Waals surface area contributed by atoms with Crippen LogP contribution in [0, 0.1) is 6.92 Å². The summed E-state index contributed by atoms with van der Waals surface area (Å²) >= 11 is 0. The van der Waals surface area contributed by atoms with Crippen LogP contribution in [0.5, 0.6) is 5.75 Å². The van der Waals surface area contributed by atoms with Gasteiger partial charge in [0.1, 0.15) is 17.1 Å². The molecule has 0 spiro atoms. The standard InChI is InChI=1S/C22H23NO5/c1-13-18-12-16(27-3)9-10-19(18)28-21(13)14(2)23-20(24)11-8-15-6-4-5-7-17(15)22(25)26/h4-7,9-10,12,14H,8,11H2,1-3H3,(H,23,24)(H,25,26). The number of aryl methyl sites for hydroxylation is 2. The van der Waals surface area contributed by atoms with Gasteiger partial charge in [0.2, 0.25) is 5.91 Å². The van der Waals surface area contributed by atoms with Gasteiger partial charge in [-0.25, -0.2) is 4.79 Å². The SMILES string of the molecule is COc1ccc2oc(C(C)NC(=O)CCc3ccccc3C(=O)O)c(C)c2c1. The van der Waals surface area contributed by atoms with Crippen molar-refractivity contribution in [2.24, 2.45) is 0 Å². The number of fused-ring (bicyclic) bond motifs is 1. The Kier molecular flexibility index (Phi) is 5.68. The van der Waals surface area contributed by atoms with Gasteiger partial charge < -0.3 is 19.6 Å². The predicted octanol–water partition coefficient (Wildman–Crippen LogP) is 4.26. The second-order valence-corrected chi connectivity index (χ2v) is 6.70. The molecule has 3 rings (SSSR count). The van der Waals surface area contributed by atoms with Gasteiger partial charge in [-0.15, -0.1) is 0 Å². The van der Waals surface area contributed by atoms with E-state index < -0.39 is 5.97 Å². The topological polar surface area (TPSA) is 88.8 Å². The molecule has 6 nitrogen and oxygen atoms in total. The van der Waals surface area contributed by atoms with E-state index in [1.54, 1.807) is 31.4 Å². The van der Waals surface area contributed by atoms with E-state index in [0.29, 0.717) is 17.7 Å². The first-order valence-electron chi connectivity index (χ1n) is 9.08. The molecule has 0 saturated heterocycles. The van der Waals surface area contributed by atoms with Crippen molar-refractivity contribution in [3.8, 4) is 5.75 Å². The molecule has 0 bridgehead atoms. The number of carboxylic acids is 1. The first-order valence-corrected chi connectivity index (χ1v) is 9.08. The van der Waals surface area contributed by atoms with Gasteiger partial charge in [0, 0.05) is 17.4 Å². The van der Waals surface area contributed by atoms with Gasteiger partial charge in [0.25, 0.3) is 0 Å². The summed E-state index contributed by atoms with van der Waals surface area (Å²) in [6, 6.07) is 12.0. The lowest BCUT2D eigenvalue weighted by Gasteiger charge is -2.13. The van der Waals surface area contributed by atoms with Crippen LogP contribution in [0.3, 0.4) is 0 Å². The van der Waals surface area contributed by atoms with Crippen LogP contribution in [0.15, 0.2) is 46.9 Å². The number of hydrogen-bond acceptors (Lipinski definition) is 4. The Morgan fingerprint density at radius 2 is 1.96 bits per heavy atom. The molecule has 1 atom stereocenters. The molecule has 0 fully saturated rings. The smallest absolute Gasteiger partial charge is 0.335 e. The fourth-order valence-electron chi connectivity index (χ4n) is 3.33. The lowest BCUT2D eigenvalue weighted by atomic mass is 10.0. The van der Waals surface area contributed by atoms with Gasteiger partial charge in [-0.3, -0.25) is 4.79 Å². The van der Waals surface area contributed by atoms with Crippen molar-refractivity contribution in [1.29, 1.82) is 0 Å². The van der Waals surface area contributed by atoms with Crippen LogP contribution in [0.4, 0.5) is 0 Å². The van der Waals surface area contributed by atoms with Crippen molar-refractivity contribution in [3.05, 3.63) is 64.9 Å². The van der Waals surface area contributed by atoms with Crippen LogP contribution in [-0.4, -0.2) is 24.1 Å². The monoisotopic (exact) mass is 381 g/mol. The summed E-state index contributed by atoms with van der Waals surface area (Å²) in [7, 11) is 1.61. The van der Waals surface area contributed by atoms with Gasteiger partial charge in [0.15, 0.2) is 0 Å². The average Bonchev–Trinajstić information content (AvgIpc) is 3.02. The summed E-state index contributed by atoms with van der Waals surface area (Å²) in [5.74, 6) is 0.294. The number of aromatic carboxylic acids is 1. The Morgan fingerprint density at radius 1 is 1.21 bits per heavy atom. The van der Waals surface area contributed by atoms with Crippen molar-refractivity contribution < 1.29 is 23.8 Å². The Labute approximate surface area is 163 Å². The van der Waals surface area contributed by atoms with Crippen LogP contribution in [0.25, 0.3) is 11.0 Å². The second kappa shape index (κ2) is 8.17. The van der Waals surface area contributed by atoms with Gasteiger partial charge in [0.05, 0.1) is 18.7 Å².